The van der Waals surface area contributed by atoms with E-state index < -0.39 is 0 Å². The molecule has 0 aliphatic carbocycles. The van der Waals surface area contributed by atoms with Gasteiger partial charge in [-0.25, -0.2) is 9.99 Å². The molecule has 4 heterocycles. The lowest BCUT2D eigenvalue weighted by atomic mass is 10.0. The molecule has 0 saturated carbocycles. The summed E-state index contributed by atoms with van der Waals surface area (Å²) in [5.41, 5.74) is 5.20. The Morgan fingerprint density at radius 2 is 2.00 bits per heavy atom. The molecule has 29 heavy (non-hydrogen) atoms. The van der Waals surface area contributed by atoms with Crippen molar-refractivity contribution in [1.29, 1.82) is 0 Å². The van der Waals surface area contributed by atoms with Gasteiger partial charge in [-0.1, -0.05) is 36.4 Å². The van der Waals surface area contributed by atoms with Gasteiger partial charge in [0.05, 0.1) is 11.7 Å². The number of nitrogens with zero attached hydrogens (tertiary/aromatic N) is 3. The number of benzene rings is 2. The molecule has 1 atom stereocenters. The lowest BCUT2D eigenvalue weighted by Gasteiger charge is -2.20. The van der Waals surface area contributed by atoms with Crippen LogP contribution in [0.2, 0.25) is 0 Å². The molecule has 0 spiro atoms. The van der Waals surface area contributed by atoms with Crippen molar-refractivity contribution in [2.45, 2.75) is 19.4 Å². The zero-order valence-electron chi connectivity index (χ0n) is 15.8. The minimum Gasteiger partial charge on any atom is -0.455 e. The zero-order chi connectivity index (χ0) is 19.4. The first kappa shape index (κ1) is 16.6. The molecule has 0 amide bonds. The van der Waals surface area contributed by atoms with Gasteiger partial charge >= 0.3 is 0 Å². The van der Waals surface area contributed by atoms with E-state index in [1.54, 1.807) is 11.3 Å². The highest BCUT2D eigenvalue weighted by molar-refractivity contribution is 7.13. The van der Waals surface area contributed by atoms with Crippen LogP contribution in [0.15, 0.2) is 75.7 Å². The lowest BCUT2D eigenvalue weighted by molar-refractivity contribution is 0.602. The number of para-hydroxylation sites is 2. The highest BCUT2D eigenvalue weighted by atomic mass is 32.1. The topological polar surface area (TPSA) is 57.4 Å². The molecule has 1 aliphatic rings. The molecular weight excluding hydrogens is 380 g/mol. The maximum atomic E-state index is 6.11. The SMILES string of the molecule is Cc1csc(N2N=C(c3cc4ccccc4o3)CC2c2c[nH]c3ccccc23)n1. The van der Waals surface area contributed by atoms with Crippen LogP contribution in [0, 0.1) is 6.92 Å². The van der Waals surface area contributed by atoms with Gasteiger partial charge in [0.1, 0.15) is 11.3 Å². The number of hydrogen-bond acceptors (Lipinski definition) is 5. The van der Waals surface area contributed by atoms with Crippen LogP contribution < -0.4 is 5.01 Å². The van der Waals surface area contributed by atoms with Crippen molar-refractivity contribution >= 4 is 44.1 Å². The lowest BCUT2D eigenvalue weighted by Crippen LogP contribution is -2.18. The van der Waals surface area contributed by atoms with Crippen LogP contribution in [0.1, 0.15) is 29.5 Å². The standard InChI is InChI=1S/C23H18N4OS/c1-14-13-29-23(25-14)27-20(17-12-24-18-8-4-3-7-16(17)18)11-19(26-27)22-10-15-6-2-5-9-21(15)28-22/h2-10,12-13,20,24H,11H2,1H3. The van der Waals surface area contributed by atoms with Crippen LogP contribution in [0.3, 0.4) is 0 Å². The van der Waals surface area contributed by atoms with Crippen molar-refractivity contribution in [2.75, 3.05) is 5.01 Å². The second-order valence-corrected chi connectivity index (χ2v) is 8.16. The van der Waals surface area contributed by atoms with Crippen molar-refractivity contribution < 1.29 is 4.42 Å². The average molecular weight is 398 g/mol. The fourth-order valence-electron chi connectivity index (χ4n) is 4.02. The molecule has 0 saturated heterocycles. The van der Waals surface area contributed by atoms with Gasteiger partial charge in [-0.3, -0.25) is 0 Å². The first-order valence-corrected chi connectivity index (χ1v) is 10.5. The number of aryl methyl sites for hydroxylation is 1. The Morgan fingerprint density at radius 1 is 1.14 bits per heavy atom. The summed E-state index contributed by atoms with van der Waals surface area (Å²) in [6, 6.07) is 18.6. The van der Waals surface area contributed by atoms with Gasteiger partial charge in [0.2, 0.25) is 5.13 Å². The third-order valence-corrected chi connectivity index (χ3v) is 6.35. The van der Waals surface area contributed by atoms with Gasteiger partial charge in [0.25, 0.3) is 0 Å². The number of aromatic amines is 1. The molecular formula is C23H18N4OS. The molecule has 2 aromatic carbocycles. The second-order valence-electron chi connectivity index (χ2n) is 7.32. The summed E-state index contributed by atoms with van der Waals surface area (Å²) in [7, 11) is 0. The molecule has 1 unspecified atom stereocenters. The number of furan rings is 1. The Bertz CT molecular complexity index is 1340. The van der Waals surface area contributed by atoms with Crippen LogP contribution in [-0.2, 0) is 0 Å². The maximum Gasteiger partial charge on any atom is 0.206 e. The van der Waals surface area contributed by atoms with Gasteiger partial charge in [-0.2, -0.15) is 5.10 Å². The number of anilines is 1. The van der Waals surface area contributed by atoms with E-state index in [1.807, 2.05) is 25.1 Å². The van der Waals surface area contributed by atoms with Crippen LogP contribution in [0.25, 0.3) is 21.9 Å². The van der Waals surface area contributed by atoms with Gasteiger partial charge in [-0.05, 0) is 25.1 Å². The molecule has 0 radical (unpaired) electrons. The Labute approximate surface area is 171 Å². The largest absolute Gasteiger partial charge is 0.455 e. The van der Waals surface area contributed by atoms with Crippen LogP contribution in [0.5, 0.6) is 0 Å². The average Bonchev–Trinajstić information content (AvgIpc) is 3.51. The Kier molecular flexibility index (Phi) is 3.61. The van der Waals surface area contributed by atoms with E-state index in [1.165, 1.54) is 10.9 Å². The zero-order valence-corrected chi connectivity index (χ0v) is 16.6. The number of rotatable bonds is 3. The van der Waals surface area contributed by atoms with E-state index in [0.717, 1.165) is 45.2 Å². The van der Waals surface area contributed by atoms with E-state index in [0.29, 0.717) is 0 Å². The van der Waals surface area contributed by atoms with Gasteiger partial charge < -0.3 is 9.40 Å². The van der Waals surface area contributed by atoms with Crippen molar-refractivity contribution in [1.82, 2.24) is 9.97 Å². The highest BCUT2D eigenvalue weighted by Gasteiger charge is 2.34. The van der Waals surface area contributed by atoms with Crippen molar-refractivity contribution in [2.24, 2.45) is 5.10 Å². The van der Waals surface area contributed by atoms with Crippen LogP contribution in [-0.4, -0.2) is 15.7 Å². The molecule has 0 fully saturated rings. The smallest absolute Gasteiger partial charge is 0.206 e. The highest BCUT2D eigenvalue weighted by Crippen LogP contribution is 2.41. The first-order chi connectivity index (χ1) is 14.3. The van der Waals surface area contributed by atoms with E-state index in [9.17, 15) is 0 Å². The molecule has 3 aromatic heterocycles. The molecule has 5 aromatic rings. The van der Waals surface area contributed by atoms with Gasteiger partial charge in [0, 0.05) is 39.9 Å². The minimum absolute atomic E-state index is 0.0694. The fraction of sp³-hybridized carbons (Fsp3) is 0.130. The number of thiazole rings is 1. The predicted octanol–water partition coefficient (Wildman–Crippen LogP) is 6.03. The summed E-state index contributed by atoms with van der Waals surface area (Å²) in [6.07, 6.45) is 2.86. The third-order valence-electron chi connectivity index (χ3n) is 5.40. The molecule has 1 aliphatic heterocycles. The van der Waals surface area contributed by atoms with E-state index in [4.69, 9.17) is 14.5 Å². The Morgan fingerprint density at radius 3 is 2.86 bits per heavy atom. The molecule has 6 heteroatoms. The molecule has 1 N–H and O–H groups in total. The number of hydrogen-bond donors (Lipinski definition) is 1. The van der Waals surface area contributed by atoms with Crippen LogP contribution in [0.4, 0.5) is 5.13 Å². The minimum atomic E-state index is 0.0694. The van der Waals surface area contributed by atoms with Gasteiger partial charge in [0.15, 0.2) is 5.76 Å². The Balaban J connectivity index is 1.47. The number of fused-ring (bicyclic) bond motifs is 2. The summed E-state index contributed by atoms with van der Waals surface area (Å²) in [5.74, 6) is 0.826. The molecule has 6 rings (SSSR count). The molecule has 0 bridgehead atoms. The van der Waals surface area contributed by atoms with E-state index in [-0.39, 0.29) is 6.04 Å². The van der Waals surface area contributed by atoms with E-state index in [2.05, 4.69) is 58.0 Å². The number of hydrazone groups is 1. The van der Waals surface area contributed by atoms with Crippen molar-refractivity contribution in [3.05, 3.63) is 83.2 Å². The first-order valence-electron chi connectivity index (χ1n) is 9.60. The number of aromatic nitrogens is 2. The number of nitrogens with one attached hydrogen (secondary N) is 1. The second kappa shape index (κ2) is 6.32. The number of H-pyrrole nitrogens is 1. The quantitative estimate of drug-likeness (QED) is 0.403. The predicted molar refractivity (Wildman–Crippen MR) is 118 cm³/mol. The van der Waals surface area contributed by atoms with Crippen molar-refractivity contribution in [3.8, 4) is 0 Å². The summed E-state index contributed by atoms with van der Waals surface area (Å²) >= 11 is 1.62. The maximum absolute atomic E-state index is 6.11. The molecule has 5 nitrogen and oxygen atoms in total. The summed E-state index contributed by atoms with van der Waals surface area (Å²) < 4.78 is 6.11. The van der Waals surface area contributed by atoms with Crippen LogP contribution >= 0.6 is 11.3 Å². The van der Waals surface area contributed by atoms with Crippen molar-refractivity contribution in [3.63, 3.8) is 0 Å². The summed E-state index contributed by atoms with van der Waals surface area (Å²) in [5, 5.41) is 12.3. The normalized spacial score (nSPS) is 16.8. The van der Waals surface area contributed by atoms with E-state index >= 15 is 0 Å². The monoisotopic (exact) mass is 398 g/mol. The molecule has 142 valence electrons. The van der Waals surface area contributed by atoms with Gasteiger partial charge in [-0.15, -0.1) is 11.3 Å². The summed E-state index contributed by atoms with van der Waals surface area (Å²) in [6.45, 7) is 2.01. The Hall–Kier alpha value is -3.38. The summed E-state index contributed by atoms with van der Waals surface area (Å²) in [4.78, 5) is 8.10. The third kappa shape index (κ3) is 2.68. The fourth-order valence-corrected chi connectivity index (χ4v) is 4.82.